The second-order valence-corrected chi connectivity index (χ2v) is 7.75. The van der Waals surface area contributed by atoms with Crippen LogP contribution in [0.1, 0.15) is 18.5 Å². The third-order valence-corrected chi connectivity index (χ3v) is 6.04. The summed E-state index contributed by atoms with van der Waals surface area (Å²) >= 11 is 1.35. The van der Waals surface area contributed by atoms with Crippen molar-refractivity contribution in [3.05, 3.63) is 63.8 Å². The highest BCUT2D eigenvalue weighted by molar-refractivity contribution is 7.13. The van der Waals surface area contributed by atoms with E-state index >= 15 is 0 Å². The van der Waals surface area contributed by atoms with Crippen molar-refractivity contribution in [2.75, 3.05) is 6.61 Å². The maximum absolute atomic E-state index is 12.7. The molecule has 2 aromatic rings. The van der Waals surface area contributed by atoms with Gasteiger partial charge in [0.1, 0.15) is 23.4 Å². The fourth-order valence-corrected chi connectivity index (χ4v) is 4.49. The van der Waals surface area contributed by atoms with Crippen molar-refractivity contribution in [2.24, 2.45) is 5.73 Å². The van der Waals surface area contributed by atoms with E-state index in [0.29, 0.717) is 29.1 Å². The number of nitro groups is 1. The van der Waals surface area contributed by atoms with Crippen LogP contribution in [-0.4, -0.2) is 45.4 Å². The molecule has 154 valence electrons. The number of β-lactam (4-membered cyclic amide) rings is 1. The third-order valence-electron chi connectivity index (χ3n) is 5.15. The van der Waals surface area contributed by atoms with Crippen molar-refractivity contribution < 1.29 is 19.2 Å². The lowest BCUT2D eigenvalue weighted by atomic mass is 9.83. The second-order valence-electron chi connectivity index (χ2n) is 6.90. The molecule has 3 heterocycles. The van der Waals surface area contributed by atoms with Gasteiger partial charge in [-0.25, -0.2) is 9.78 Å². The van der Waals surface area contributed by atoms with Crippen LogP contribution in [0.25, 0.3) is 16.1 Å². The lowest BCUT2D eigenvalue weighted by molar-refractivity contribution is -0.384. The van der Waals surface area contributed by atoms with E-state index in [0.717, 1.165) is 5.56 Å². The number of hydrogen-bond acceptors (Lipinski definition) is 8. The van der Waals surface area contributed by atoms with Crippen molar-refractivity contribution >= 4 is 34.5 Å². The molecule has 9 nitrogen and oxygen atoms in total. The number of non-ortho nitro benzene ring substituents is 1. The van der Waals surface area contributed by atoms with Gasteiger partial charge in [0.05, 0.1) is 16.7 Å². The summed E-state index contributed by atoms with van der Waals surface area (Å²) in [5.74, 6) is -0.923. The van der Waals surface area contributed by atoms with E-state index < -0.39 is 16.9 Å². The topological polar surface area (TPSA) is 129 Å². The lowest BCUT2D eigenvalue weighted by Gasteiger charge is -2.48. The van der Waals surface area contributed by atoms with Crippen molar-refractivity contribution in [3.63, 3.8) is 0 Å². The number of ether oxygens (including phenoxy) is 1. The molecule has 0 radical (unpaired) electrons. The molecule has 1 amide bonds. The lowest BCUT2D eigenvalue weighted by Crippen LogP contribution is -2.69. The zero-order chi connectivity index (χ0) is 21.4. The van der Waals surface area contributed by atoms with E-state index in [1.165, 1.54) is 34.4 Å². The number of allylic oxidation sites excluding steroid dienone is 1. The van der Waals surface area contributed by atoms with Crippen LogP contribution in [0.3, 0.4) is 0 Å². The van der Waals surface area contributed by atoms with Crippen molar-refractivity contribution in [2.45, 2.75) is 24.9 Å². The molecule has 2 aliphatic rings. The van der Waals surface area contributed by atoms with Crippen molar-refractivity contribution in [1.29, 1.82) is 0 Å². The maximum Gasteiger partial charge on any atom is 0.355 e. The van der Waals surface area contributed by atoms with Crippen molar-refractivity contribution in [3.8, 4) is 10.6 Å². The summed E-state index contributed by atoms with van der Waals surface area (Å²) < 4.78 is 5.21. The number of thiazole rings is 1. The molecule has 1 aromatic carbocycles. The molecule has 1 aromatic heterocycles. The van der Waals surface area contributed by atoms with Gasteiger partial charge in [0.25, 0.3) is 5.69 Å². The number of rotatable bonds is 6. The minimum absolute atomic E-state index is 0.00329. The predicted molar refractivity (Wildman–Crippen MR) is 110 cm³/mol. The van der Waals surface area contributed by atoms with Crippen LogP contribution >= 0.6 is 11.3 Å². The van der Waals surface area contributed by atoms with E-state index in [4.69, 9.17) is 10.5 Å². The van der Waals surface area contributed by atoms with Gasteiger partial charge in [-0.05, 0) is 25.0 Å². The highest BCUT2D eigenvalue weighted by Gasteiger charge is 2.51. The Balaban J connectivity index is 1.70. The van der Waals surface area contributed by atoms with Crippen LogP contribution in [-0.2, 0) is 14.3 Å². The predicted octanol–water partition coefficient (Wildman–Crippen LogP) is 2.49. The Hall–Kier alpha value is -3.37. The molecule has 0 aliphatic carbocycles. The smallest absolute Gasteiger partial charge is 0.355 e. The normalized spacial score (nSPS) is 20.4. The number of amides is 1. The molecule has 10 heteroatoms. The van der Waals surface area contributed by atoms with Crippen LogP contribution < -0.4 is 5.73 Å². The van der Waals surface area contributed by atoms with Crippen molar-refractivity contribution in [1.82, 2.24) is 9.88 Å². The van der Waals surface area contributed by atoms with E-state index in [9.17, 15) is 19.7 Å². The average Bonchev–Trinajstić information content (AvgIpc) is 3.26. The Morgan fingerprint density at radius 1 is 1.43 bits per heavy atom. The molecule has 30 heavy (non-hydrogen) atoms. The molecule has 0 unspecified atom stereocenters. The molecular weight excluding hydrogens is 408 g/mol. The van der Waals surface area contributed by atoms with Crippen LogP contribution in [0.2, 0.25) is 0 Å². The highest BCUT2D eigenvalue weighted by atomic mass is 32.1. The first-order chi connectivity index (χ1) is 14.4. The van der Waals surface area contributed by atoms with Gasteiger partial charge in [-0.3, -0.25) is 19.8 Å². The van der Waals surface area contributed by atoms with Gasteiger partial charge in [0.2, 0.25) is 5.91 Å². The molecule has 0 saturated carbocycles. The first-order valence-corrected chi connectivity index (χ1v) is 10.1. The SMILES string of the molecule is C=CCOC(=O)C1=C(c2csc(-c3ccc([N+](=O)[O-])cc3)n2)CC[C@@H]2[C@H](N)C(=O)N12. The van der Waals surface area contributed by atoms with Gasteiger partial charge in [0, 0.05) is 28.6 Å². The number of aromatic nitrogens is 1. The monoisotopic (exact) mass is 426 g/mol. The fourth-order valence-electron chi connectivity index (χ4n) is 3.65. The van der Waals surface area contributed by atoms with Gasteiger partial charge in [0.15, 0.2) is 0 Å². The summed E-state index contributed by atoms with van der Waals surface area (Å²) in [5.41, 5.74) is 8.00. The third kappa shape index (κ3) is 3.29. The summed E-state index contributed by atoms with van der Waals surface area (Å²) in [6.07, 6.45) is 2.62. The van der Waals surface area contributed by atoms with Gasteiger partial charge in [-0.1, -0.05) is 12.7 Å². The summed E-state index contributed by atoms with van der Waals surface area (Å²) in [4.78, 5) is 41.5. The number of carbonyl (C=O) groups is 2. The van der Waals surface area contributed by atoms with Crippen LogP contribution in [0.15, 0.2) is 48.0 Å². The number of esters is 1. The van der Waals surface area contributed by atoms with Crippen LogP contribution in [0.5, 0.6) is 0 Å². The summed E-state index contributed by atoms with van der Waals surface area (Å²) in [6, 6.07) is 5.25. The molecular formula is C20H18N4O5S. The molecule has 2 aliphatic heterocycles. The minimum Gasteiger partial charge on any atom is -0.457 e. The number of nitrogens with zero attached hydrogens (tertiary/aromatic N) is 3. The number of hydrogen-bond donors (Lipinski definition) is 1. The quantitative estimate of drug-likeness (QED) is 0.247. The van der Waals surface area contributed by atoms with E-state index in [2.05, 4.69) is 11.6 Å². The summed E-state index contributed by atoms with van der Waals surface area (Å²) in [6.45, 7) is 3.56. The molecule has 2 atom stereocenters. The van der Waals surface area contributed by atoms with Crippen LogP contribution in [0, 0.1) is 10.1 Å². The molecule has 2 N–H and O–H groups in total. The van der Waals surface area contributed by atoms with E-state index in [1.54, 1.807) is 17.5 Å². The zero-order valence-corrected chi connectivity index (χ0v) is 16.6. The van der Waals surface area contributed by atoms with Crippen LogP contribution in [0.4, 0.5) is 5.69 Å². The van der Waals surface area contributed by atoms with E-state index in [1.807, 2.05) is 0 Å². The molecule has 0 bridgehead atoms. The molecule has 0 spiro atoms. The standard InChI is InChI=1S/C20H18N4O5S/c1-2-9-29-20(26)17-13(7-8-15-16(21)19(25)23(15)17)14-10-30-18(22-14)11-3-5-12(6-4-11)24(27)28/h2-6,10,15-16H,1,7-9,21H2/t15-,16+/m1/s1. The summed E-state index contributed by atoms with van der Waals surface area (Å²) in [7, 11) is 0. The number of nitro benzene ring substituents is 1. The van der Waals surface area contributed by atoms with Gasteiger partial charge >= 0.3 is 5.97 Å². The Labute approximate surface area is 175 Å². The first-order valence-electron chi connectivity index (χ1n) is 9.23. The Bertz CT molecular complexity index is 1080. The fraction of sp³-hybridized carbons (Fsp3) is 0.250. The number of carbonyl (C=O) groups excluding carboxylic acids is 2. The number of benzene rings is 1. The molecule has 1 fully saturated rings. The van der Waals surface area contributed by atoms with Gasteiger partial charge in [-0.2, -0.15) is 0 Å². The average molecular weight is 426 g/mol. The molecule has 4 rings (SSSR count). The Kier molecular flexibility index (Phi) is 5.18. The second kappa shape index (κ2) is 7.81. The van der Waals surface area contributed by atoms with Gasteiger partial charge < -0.3 is 10.5 Å². The minimum atomic E-state index is -0.611. The first kappa shape index (κ1) is 19.9. The number of fused-ring (bicyclic) bond motifs is 1. The summed E-state index contributed by atoms with van der Waals surface area (Å²) in [5, 5.41) is 13.3. The zero-order valence-electron chi connectivity index (χ0n) is 15.8. The van der Waals surface area contributed by atoms with E-state index in [-0.39, 0.29) is 29.9 Å². The largest absolute Gasteiger partial charge is 0.457 e. The number of nitrogens with two attached hydrogens (primary N) is 1. The van der Waals surface area contributed by atoms with Gasteiger partial charge in [-0.15, -0.1) is 11.3 Å². The Morgan fingerprint density at radius 3 is 2.83 bits per heavy atom. The molecule has 1 saturated heterocycles. The highest BCUT2D eigenvalue weighted by Crippen LogP contribution is 2.41. The maximum atomic E-state index is 12.7. The Morgan fingerprint density at radius 2 is 2.17 bits per heavy atom.